The Bertz CT molecular complexity index is 1140. The molecule has 32 heavy (non-hydrogen) atoms. The zero-order valence-corrected chi connectivity index (χ0v) is 19.2. The number of ether oxygens (including phenoxy) is 4. The Labute approximate surface area is 193 Å². The van der Waals surface area contributed by atoms with Gasteiger partial charge in [-0.1, -0.05) is 29.8 Å². The molecular weight excluding hydrogens is 428 g/mol. The Hall–Kier alpha value is -3.44. The summed E-state index contributed by atoms with van der Waals surface area (Å²) >= 11 is 6.26. The molecule has 0 aliphatic rings. The van der Waals surface area contributed by atoms with Gasteiger partial charge in [0.1, 0.15) is 18.1 Å². The molecule has 0 amide bonds. The maximum Gasteiger partial charge on any atom is 0.185 e. The summed E-state index contributed by atoms with van der Waals surface area (Å²) < 4.78 is 21.8. The molecule has 3 rings (SSSR count). The van der Waals surface area contributed by atoms with Crippen molar-refractivity contribution in [3.8, 4) is 23.0 Å². The number of halogens is 1. The fourth-order valence-electron chi connectivity index (χ4n) is 3.15. The van der Waals surface area contributed by atoms with Gasteiger partial charge in [0.25, 0.3) is 0 Å². The van der Waals surface area contributed by atoms with Crippen molar-refractivity contribution in [2.24, 2.45) is 0 Å². The Morgan fingerprint density at radius 3 is 2.22 bits per heavy atom. The number of hydrogen-bond acceptors (Lipinski definition) is 5. The van der Waals surface area contributed by atoms with Gasteiger partial charge in [-0.05, 0) is 66.6 Å². The van der Waals surface area contributed by atoms with Crippen molar-refractivity contribution in [2.75, 3.05) is 21.3 Å². The van der Waals surface area contributed by atoms with Crippen LogP contribution < -0.4 is 18.9 Å². The van der Waals surface area contributed by atoms with Crippen LogP contribution in [0.25, 0.3) is 6.08 Å². The number of hydrogen-bond donors (Lipinski definition) is 0. The predicted octanol–water partition coefficient (Wildman–Crippen LogP) is 6.15. The monoisotopic (exact) mass is 452 g/mol. The van der Waals surface area contributed by atoms with Crippen molar-refractivity contribution in [3.05, 3.63) is 87.9 Å². The first kappa shape index (κ1) is 23.2. The van der Waals surface area contributed by atoms with Crippen LogP contribution in [0.1, 0.15) is 27.0 Å². The summed E-state index contributed by atoms with van der Waals surface area (Å²) in [7, 11) is 4.69. The van der Waals surface area contributed by atoms with Crippen molar-refractivity contribution >= 4 is 23.5 Å². The molecule has 0 heterocycles. The fourth-order valence-corrected chi connectivity index (χ4v) is 3.44. The number of methoxy groups -OCH3 is 3. The molecule has 5 nitrogen and oxygen atoms in total. The molecule has 0 bridgehead atoms. The normalized spacial score (nSPS) is 10.8. The first-order chi connectivity index (χ1) is 15.4. The van der Waals surface area contributed by atoms with Gasteiger partial charge in [0.15, 0.2) is 17.3 Å². The molecule has 3 aromatic rings. The number of rotatable bonds is 9. The highest BCUT2D eigenvalue weighted by molar-refractivity contribution is 6.32. The van der Waals surface area contributed by atoms with Crippen molar-refractivity contribution in [1.82, 2.24) is 0 Å². The maximum atomic E-state index is 12.6. The van der Waals surface area contributed by atoms with Crippen LogP contribution in [0.3, 0.4) is 0 Å². The number of allylic oxidation sites excluding steroid dienone is 1. The van der Waals surface area contributed by atoms with E-state index >= 15 is 0 Å². The Morgan fingerprint density at radius 1 is 0.844 bits per heavy atom. The zero-order chi connectivity index (χ0) is 23.1. The zero-order valence-electron chi connectivity index (χ0n) is 18.5. The summed E-state index contributed by atoms with van der Waals surface area (Å²) in [6.45, 7) is 2.25. The highest BCUT2D eigenvalue weighted by Crippen LogP contribution is 2.29. The van der Waals surface area contributed by atoms with Gasteiger partial charge in [-0.25, -0.2) is 0 Å². The van der Waals surface area contributed by atoms with Crippen molar-refractivity contribution in [3.63, 3.8) is 0 Å². The maximum absolute atomic E-state index is 12.6. The first-order valence-electron chi connectivity index (χ1n) is 9.95. The Kier molecular flexibility index (Phi) is 7.79. The number of aryl methyl sites for hydroxylation is 1. The van der Waals surface area contributed by atoms with Crippen LogP contribution in [0.15, 0.2) is 60.7 Å². The molecular formula is C26H25ClO5. The van der Waals surface area contributed by atoms with E-state index in [2.05, 4.69) is 0 Å². The quantitative estimate of drug-likeness (QED) is 0.288. The van der Waals surface area contributed by atoms with E-state index in [1.807, 2.05) is 43.3 Å². The molecule has 0 spiro atoms. The van der Waals surface area contributed by atoms with Crippen molar-refractivity contribution in [2.45, 2.75) is 13.5 Å². The molecule has 0 saturated heterocycles. The van der Waals surface area contributed by atoms with Gasteiger partial charge in [-0.3, -0.25) is 4.79 Å². The van der Waals surface area contributed by atoms with E-state index < -0.39 is 0 Å². The van der Waals surface area contributed by atoms with E-state index in [1.165, 1.54) is 13.2 Å². The molecule has 6 heteroatoms. The molecule has 0 fully saturated rings. The number of carbonyl (C=O) groups is 1. The molecule has 0 atom stereocenters. The van der Waals surface area contributed by atoms with Gasteiger partial charge in [0, 0.05) is 11.1 Å². The SMILES string of the molecule is COc1ccc(/C=C/C(=O)c2ccc(OC)c(OC)c2)cc1COc1ccc(C)cc1Cl. The molecule has 166 valence electrons. The molecule has 0 unspecified atom stereocenters. The molecule has 0 radical (unpaired) electrons. The standard InChI is InChI=1S/C26H25ClO5/c1-17-5-10-24(21(27)13-17)32-16-20-14-18(7-11-23(20)29-2)6-9-22(28)19-8-12-25(30-3)26(15-19)31-4/h5-15H,16H2,1-4H3/b9-6+. The molecule has 0 aromatic heterocycles. The van der Waals surface area contributed by atoms with Crippen LogP contribution in [0.5, 0.6) is 23.0 Å². The minimum atomic E-state index is -0.147. The van der Waals surface area contributed by atoms with Crippen LogP contribution in [0.4, 0.5) is 0 Å². The third-order valence-corrected chi connectivity index (χ3v) is 5.17. The lowest BCUT2D eigenvalue weighted by atomic mass is 10.1. The third kappa shape index (κ3) is 5.62. The molecule has 0 aliphatic carbocycles. The van der Waals surface area contributed by atoms with Crippen molar-refractivity contribution < 1.29 is 23.7 Å². The first-order valence-corrected chi connectivity index (χ1v) is 10.3. The Balaban J connectivity index is 1.77. The summed E-state index contributed by atoms with van der Waals surface area (Å²) in [6, 6.07) is 16.3. The van der Waals surface area contributed by atoms with E-state index in [-0.39, 0.29) is 12.4 Å². The van der Waals surface area contributed by atoms with Crippen LogP contribution in [0, 0.1) is 6.92 Å². The van der Waals surface area contributed by atoms with E-state index in [4.69, 9.17) is 30.5 Å². The molecule has 0 saturated carbocycles. The van der Waals surface area contributed by atoms with Crippen molar-refractivity contribution in [1.29, 1.82) is 0 Å². The minimum Gasteiger partial charge on any atom is -0.496 e. The second-order valence-electron chi connectivity index (χ2n) is 7.06. The van der Waals surface area contributed by atoms with Crippen LogP contribution >= 0.6 is 11.6 Å². The van der Waals surface area contributed by atoms with Gasteiger partial charge in [0.05, 0.1) is 26.4 Å². The highest BCUT2D eigenvalue weighted by atomic mass is 35.5. The van der Waals surface area contributed by atoms with Gasteiger partial charge in [-0.15, -0.1) is 0 Å². The van der Waals surface area contributed by atoms with E-state index in [0.717, 1.165) is 16.7 Å². The molecule has 0 aliphatic heterocycles. The van der Waals surface area contributed by atoms with E-state index in [0.29, 0.717) is 33.6 Å². The highest BCUT2D eigenvalue weighted by Gasteiger charge is 2.10. The van der Waals surface area contributed by atoms with Crippen LogP contribution in [-0.4, -0.2) is 27.1 Å². The average molecular weight is 453 g/mol. The van der Waals surface area contributed by atoms with Crippen LogP contribution in [0.2, 0.25) is 5.02 Å². The largest absolute Gasteiger partial charge is 0.496 e. The topological polar surface area (TPSA) is 54.0 Å². The summed E-state index contributed by atoms with van der Waals surface area (Å²) in [6.07, 6.45) is 3.27. The average Bonchev–Trinajstić information content (AvgIpc) is 2.81. The third-order valence-electron chi connectivity index (χ3n) is 4.87. The molecule has 0 N–H and O–H groups in total. The second-order valence-corrected chi connectivity index (χ2v) is 7.47. The van der Waals surface area contributed by atoms with Gasteiger partial charge in [-0.2, -0.15) is 0 Å². The summed E-state index contributed by atoms with van der Waals surface area (Å²) in [4.78, 5) is 12.6. The number of benzene rings is 3. The summed E-state index contributed by atoms with van der Waals surface area (Å²) in [5.74, 6) is 2.22. The number of carbonyl (C=O) groups excluding carboxylic acids is 1. The van der Waals surface area contributed by atoms with Gasteiger partial charge < -0.3 is 18.9 Å². The lowest BCUT2D eigenvalue weighted by Gasteiger charge is -2.12. The second kappa shape index (κ2) is 10.7. The smallest absolute Gasteiger partial charge is 0.185 e. The lowest BCUT2D eigenvalue weighted by molar-refractivity contribution is 0.104. The van der Waals surface area contributed by atoms with Gasteiger partial charge in [0.2, 0.25) is 0 Å². The molecule has 3 aromatic carbocycles. The van der Waals surface area contributed by atoms with Crippen LogP contribution in [-0.2, 0) is 6.61 Å². The van der Waals surface area contributed by atoms with Gasteiger partial charge >= 0.3 is 0 Å². The lowest BCUT2D eigenvalue weighted by Crippen LogP contribution is -2.00. The summed E-state index contributed by atoms with van der Waals surface area (Å²) in [5, 5.41) is 0.556. The number of ketones is 1. The van der Waals surface area contributed by atoms with E-state index in [1.54, 1.807) is 38.5 Å². The Morgan fingerprint density at radius 2 is 1.53 bits per heavy atom. The predicted molar refractivity (Wildman–Crippen MR) is 126 cm³/mol. The fraction of sp³-hybridized carbons (Fsp3) is 0.192. The summed E-state index contributed by atoms with van der Waals surface area (Å²) in [5.41, 5.74) is 3.24. The minimum absolute atomic E-state index is 0.147. The van der Waals surface area contributed by atoms with E-state index in [9.17, 15) is 4.79 Å².